The van der Waals surface area contributed by atoms with Gasteiger partial charge < -0.3 is 15.0 Å². The summed E-state index contributed by atoms with van der Waals surface area (Å²) >= 11 is 0. The molecule has 1 unspecified atom stereocenters. The molecule has 4 nitrogen and oxygen atoms in total. The molecule has 1 heterocycles. The molecule has 0 saturated carbocycles. The first-order chi connectivity index (χ1) is 12.2. The quantitative estimate of drug-likeness (QED) is 0.849. The fourth-order valence-electron chi connectivity index (χ4n) is 3.37. The number of carbonyl (C=O) groups excluding carboxylic acids is 1. The lowest BCUT2D eigenvalue weighted by molar-refractivity contribution is -0.900. The van der Waals surface area contributed by atoms with Crippen LogP contribution < -0.4 is 15.0 Å². The summed E-state index contributed by atoms with van der Waals surface area (Å²) in [6.07, 6.45) is 2.51. The third kappa shape index (κ3) is 5.61. The molecule has 0 radical (unpaired) electrons. The fourth-order valence-corrected chi connectivity index (χ4v) is 3.37. The van der Waals surface area contributed by atoms with Gasteiger partial charge >= 0.3 is 0 Å². The van der Waals surface area contributed by atoms with E-state index in [1.54, 1.807) is 0 Å². The zero-order chi connectivity index (χ0) is 17.5. The summed E-state index contributed by atoms with van der Waals surface area (Å²) in [6.45, 7) is 5.56. The van der Waals surface area contributed by atoms with Crippen LogP contribution in [-0.2, 0) is 11.4 Å². The van der Waals surface area contributed by atoms with Crippen LogP contribution >= 0.6 is 0 Å². The van der Waals surface area contributed by atoms with Gasteiger partial charge in [0.2, 0.25) is 0 Å². The Morgan fingerprint density at radius 3 is 2.64 bits per heavy atom. The number of amides is 1. The van der Waals surface area contributed by atoms with Gasteiger partial charge in [0.05, 0.1) is 13.1 Å². The average Bonchev–Trinajstić information content (AvgIpc) is 2.62. The number of likely N-dealkylation sites (tertiary alicyclic amines) is 1. The van der Waals surface area contributed by atoms with Gasteiger partial charge in [-0.15, -0.1) is 0 Å². The SMILES string of the molecule is C[C@H]1CCC[NH+](CC(=O)Nc2ccc(OCc3ccccc3)cc2)C1. The fraction of sp³-hybridized carbons (Fsp3) is 0.381. The van der Waals surface area contributed by atoms with Gasteiger partial charge in [-0.05, 0) is 42.7 Å². The summed E-state index contributed by atoms with van der Waals surface area (Å²) in [5, 5.41) is 2.99. The van der Waals surface area contributed by atoms with Crippen LogP contribution in [0.15, 0.2) is 54.6 Å². The van der Waals surface area contributed by atoms with E-state index in [9.17, 15) is 4.79 Å². The molecular formula is C21H27N2O2+. The highest BCUT2D eigenvalue weighted by molar-refractivity contribution is 5.91. The van der Waals surface area contributed by atoms with Crippen molar-refractivity contribution in [3.63, 3.8) is 0 Å². The number of quaternary nitrogens is 1. The molecule has 1 aliphatic heterocycles. The van der Waals surface area contributed by atoms with Crippen molar-refractivity contribution < 1.29 is 14.4 Å². The first-order valence-electron chi connectivity index (χ1n) is 9.09. The summed E-state index contributed by atoms with van der Waals surface area (Å²) in [5.74, 6) is 1.61. The first-order valence-corrected chi connectivity index (χ1v) is 9.09. The van der Waals surface area contributed by atoms with Gasteiger partial charge in [0.25, 0.3) is 5.91 Å². The number of ether oxygens (including phenoxy) is 1. The predicted octanol–water partition coefficient (Wildman–Crippen LogP) is 2.52. The molecule has 0 aliphatic carbocycles. The van der Waals surface area contributed by atoms with E-state index in [1.807, 2.05) is 54.6 Å². The second kappa shape index (κ2) is 8.67. The van der Waals surface area contributed by atoms with Crippen LogP contribution in [0.25, 0.3) is 0 Å². The minimum absolute atomic E-state index is 0.0852. The van der Waals surface area contributed by atoms with E-state index in [1.165, 1.54) is 17.7 Å². The van der Waals surface area contributed by atoms with E-state index in [0.717, 1.165) is 36.0 Å². The molecule has 1 aliphatic rings. The highest BCUT2D eigenvalue weighted by Crippen LogP contribution is 2.17. The van der Waals surface area contributed by atoms with Gasteiger partial charge in [0.1, 0.15) is 12.4 Å². The Morgan fingerprint density at radius 1 is 1.16 bits per heavy atom. The number of carbonyl (C=O) groups is 1. The van der Waals surface area contributed by atoms with Crippen LogP contribution in [0.4, 0.5) is 5.69 Å². The van der Waals surface area contributed by atoms with Crippen molar-refractivity contribution in [1.82, 2.24) is 0 Å². The molecule has 2 aromatic rings. The van der Waals surface area contributed by atoms with E-state index in [2.05, 4.69) is 12.2 Å². The predicted molar refractivity (Wildman–Crippen MR) is 99.8 cm³/mol. The molecule has 25 heavy (non-hydrogen) atoms. The standard InChI is InChI=1S/C21H26N2O2/c1-17-6-5-13-23(14-17)15-21(24)22-19-9-11-20(12-10-19)25-16-18-7-3-2-4-8-18/h2-4,7-12,17H,5-6,13-16H2,1H3,(H,22,24)/p+1/t17-/m0/s1. The van der Waals surface area contributed by atoms with Crippen LogP contribution in [0, 0.1) is 5.92 Å². The molecule has 0 spiro atoms. The highest BCUT2D eigenvalue weighted by Gasteiger charge is 2.21. The molecule has 2 aromatic carbocycles. The Morgan fingerprint density at radius 2 is 1.92 bits per heavy atom. The number of hydrogen-bond donors (Lipinski definition) is 2. The molecule has 2 atom stereocenters. The summed E-state index contributed by atoms with van der Waals surface area (Å²) in [4.78, 5) is 13.6. The maximum atomic E-state index is 12.2. The van der Waals surface area contributed by atoms with Gasteiger partial charge in [-0.2, -0.15) is 0 Å². The maximum absolute atomic E-state index is 12.2. The third-order valence-corrected chi connectivity index (χ3v) is 4.66. The number of piperidine rings is 1. The van der Waals surface area contributed by atoms with E-state index in [-0.39, 0.29) is 5.91 Å². The number of nitrogens with one attached hydrogen (secondary N) is 2. The van der Waals surface area contributed by atoms with E-state index in [4.69, 9.17) is 4.74 Å². The summed E-state index contributed by atoms with van der Waals surface area (Å²) < 4.78 is 5.77. The Bertz CT molecular complexity index is 670. The van der Waals surface area contributed by atoms with Crippen molar-refractivity contribution in [2.45, 2.75) is 26.4 Å². The Labute approximate surface area is 149 Å². The van der Waals surface area contributed by atoms with Gasteiger partial charge in [0.15, 0.2) is 6.54 Å². The Balaban J connectivity index is 1.46. The van der Waals surface area contributed by atoms with E-state index in [0.29, 0.717) is 13.2 Å². The average molecular weight is 339 g/mol. The molecule has 1 amide bonds. The van der Waals surface area contributed by atoms with Crippen molar-refractivity contribution in [2.75, 3.05) is 25.0 Å². The van der Waals surface area contributed by atoms with Crippen LogP contribution in [0.1, 0.15) is 25.3 Å². The van der Waals surface area contributed by atoms with Crippen LogP contribution in [0.5, 0.6) is 5.75 Å². The molecule has 2 N–H and O–H groups in total. The summed E-state index contributed by atoms with van der Waals surface area (Å²) in [6, 6.07) is 17.7. The lowest BCUT2D eigenvalue weighted by atomic mass is 10.0. The second-order valence-corrected chi connectivity index (χ2v) is 6.98. The largest absolute Gasteiger partial charge is 0.489 e. The van der Waals surface area contributed by atoms with Crippen molar-refractivity contribution >= 4 is 11.6 Å². The Kier molecular flexibility index (Phi) is 6.07. The zero-order valence-corrected chi connectivity index (χ0v) is 14.8. The Hall–Kier alpha value is -2.33. The lowest BCUT2D eigenvalue weighted by Crippen LogP contribution is -3.14. The molecule has 0 aromatic heterocycles. The van der Waals surface area contributed by atoms with Crippen molar-refractivity contribution in [1.29, 1.82) is 0 Å². The molecular weight excluding hydrogens is 312 g/mol. The number of hydrogen-bond acceptors (Lipinski definition) is 2. The normalized spacial score (nSPS) is 20.0. The molecule has 3 rings (SSSR count). The van der Waals surface area contributed by atoms with Gasteiger partial charge in [-0.25, -0.2) is 0 Å². The van der Waals surface area contributed by atoms with Crippen LogP contribution in [-0.4, -0.2) is 25.5 Å². The van der Waals surface area contributed by atoms with Crippen molar-refractivity contribution in [2.24, 2.45) is 5.92 Å². The molecule has 1 saturated heterocycles. The number of rotatable bonds is 6. The minimum Gasteiger partial charge on any atom is -0.489 e. The van der Waals surface area contributed by atoms with E-state index < -0.39 is 0 Å². The highest BCUT2D eigenvalue weighted by atomic mass is 16.5. The smallest absolute Gasteiger partial charge is 0.279 e. The first kappa shape index (κ1) is 17.5. The van der Waals surface area contributed by atoms with Crippen LogP contribution in [0.2, 0.25) is 0 Å². The number of anilines is 1. The number of benzene rings is 2. The maximum Gasteiger partial charge on any atom is 0.279 e. The molecule has 132 valence electrons. The van der Waals surface area contributed by atoms with Crippen molar-refractivity contribution in [3.05, 3.63) is 60.2 Å². The van der Waals surface area contributed by atoms with E-state index >= 15 is 0 Å². The van der Waals surface area contributed by atoms with Gasteiger partial charge in [-0.3, -0.25) is 4.79 Å². The lowest BCUT2D eigenvalue weighted by Gasteiger charge is -2.27. The molecule has 4 heteroatoms. The monoisotopic (exact) mass is 339 g/mol. The van der Waals surface area contributed by atoms with Crippen molar-refractivity contribution in [3.8, 4) is 5.75 Å². The summed E-state index contributed by atoms with van der Waals surface area (Å²) in [7, 11) is 0. The molecule has 0 bridgehead atoms. The zero-order valence-electron chi connectivity index (χ0n) is 14.8. The van der Waals surface area contributed by atoms with Gasteiger partial charge in [-0.1, -0.05) is 37.3 Å². The molecule has 1 fully saturated rings. The third-order valence-electron chi connectivity index (χ3n) is 4.66. The summed E-state index contributed by atoms with van der Waals surface area (Å²) in [5.41, 5.74) is 1.96. The van der Waals surface area contributed by atoms with Gasteiger partial charge in [0, 0.05) is 11.6 Å². The topological polar surface area (TPSA) is 42.8 Å². The minimum atomic E-state index is 0.0852. The second-order valence-electron chi connectivity index (χ2n) is 6.98. The van der Waals surface area contributed by atoms with Crippen LogP contribution in [0.3, 0.4) is 0 Å².